The first kappa shape index (κ1) is 12.4. The van der Waals surface area contributed by atoms with Crippen molar-refractivity contribution < 1.29 is 13.0 Å². The van der Waals surface area contributed by atoms with Crippen molar-refractivity contribution in [3.05, 3.63) is 47.7 Å². The molecule has 0 spiro atoms. The molecule has 98 valence electrons. The SMILES string of the molecule is Cc1occc1S(=O)Cc1ncc(-c2cccs2)o1. The molecule has 1 atom stereocenters. The lowest BCUT2D eigenvalue weighted by molar-refractivity contribution is 0.522. The van der Waals surface area contributed by atoms with E-state index in [-0.39, 0.29) is 5.75 Å². The van der Waals surface area contributed by atoms with E-state index in [1.54, 1.807) is 30.5 Å². The summed E-state index contributed by atoms with van der Waals surface area (Å²) in [6.07, 6.45) is 3.20. The molecule has 6 heteroatoms. The third-order valence-corrected chi connectivity index (χ3v) is 4.94. The van der Waals surface area contributed by atoms with E-state index >= 15 is 0 Å². The highest BCUT2D eigenvalue weighted by Crippen LogP contribution is 2.26. The van der Waals surface area contributed by atoms with Crippen LogP contribution in [0.1, 0.15) is 11.7 Å². The first-order valence-electron chi connectivity index (χ1n) is 5.65. The van der Waals surface area contributed by atoms with Gasteiger partial charge in [0.2, 0.25) is 5.89 Å². The summed E-state index contributed by atoms with van der Waals surface area (Å²) >= 11 is 1.58. The molecule has 0 aliphatic heterocycles. The van der Waals surface area contributed by atoms with E-state index in [2.05, 4.69) is 4.98 Å². The van der Waals surface area contributed by atoms with Gasteiger partial charge in [-0.3, -0.25) is 4.21 Å². The van der Waals surface area contributed by atoms with Gasteiger partial charge in [0, 0.05) is 0 Å². The van der Waals surface area contributed by atoms with Gasteiger partial charge in [-0.25, -0.2) is 4.98 Å². The number of hydrogen-bond donors (Lipinski definition) is 0. The van der Waals surface area contributed by atoms with E-state index in [0.29, 0.717) is 22.3 Å². The Morgan fingerprint density at radius 1 is 1.42 bits per heavy atom. The van der Waals surface area contributed by atoms with Crippen LogP contribution in [0.5, 0.6) is 0 Å². The number of furan rings is 1. The normalized spacial score (nSPS) is 12.7. The van der Waals surface area contributed by atoms with E-state index in [0.717, 1.165) is 4.88 Å². The van der Waals surface area contributed by atoms with Gasteiger partial charge in [-0.2, -0.15) is 0 Å². The molecule has 0 N–H and O–H groups in total. The maximum atomic E-state index is 12.1. The maximum absolute atomic E-state index is 12.1. The molecule has 0 amide bonds. The molecule has 0 bridgehead atoms. The zero-order chi connectivity index (χ0) is 13.2. The number of hydrogen-bond acceptors (Lipinski definition) is 5. The predicted molar refractivity (Wildman–Crippen MR) is 73.4 cm³/mol. The molecule has 0 saturated carbocycles. The Balaban J connectivity index is 1.78. The number of aromatic nitrogens is 1. The van der Waals surface area contributed by atoms with E-state index in [9.17, 15) is 4.21 Å². The molecule has 1 unspecified atom stereocenters. The van der Waals surface area contributed by atoms with Crippen LogP contribution in [-0.2, 0) is 16.6 Å². The van der Waals surface area contributed by atoms with Gasteiger partial charge in [-0.05, 0) is 24.4 Å². The van der Waals surface area contributed by atoms with Crippen LogP contribution in [-0.4, -0.2) is 9.19 Å². The minimum atomic E-state index is -1.19. The second kappa shape index (κ2) is 5.14. The number of oxazole rings is 1. The molecule has 3 aromatic rings. The topological polar surface area (TPSA) is 56.2 Å². The van der Waals surface area contributed by atoms with Crippen LogP contribution in [0.3, 0.4) is 0 Å². The number of aryl methyl sites for hydroxylation is 1. The van der Waals surface area contributed by atoms with Crippen molar-refractivity contribution in [2.75, 3.05) is 0 Å². The van der Waals surface area contributed by atoms with Crippen molar-refractivity contribution in [2.24, 2.45) is 0 Å². The minimum absolute atomic E-state index is 0.256. The number of nitrogens with zero attached hydrogens (tertiary/aromatic N) is 1. The lowest BCUT2D eigenvalue weighted by Crippen LogP contribution is -1.96. The van der Waals surface area contributed by atoms with Gasteiger partial charge in [-0.1, -0.05) is 6.07 Å². The van der Waals surface area contributed by atoms with Gasteiger partial charge in [0.25, 0.3) is 0 Å². The average Bonchev–Trinajstić information content (AvgIpc) is 3.07. The summed E-state index contributed by atoms with van der Waals surface area (Å²) < 4.78 is 22.9. The lowest BCUT2D eigenvalue weighted by Gasteiger charge is -1.96. The summed E-state index contributed by atoms with van der Waals surface area (Å²) in [4.78, 5) is 5.88. The third-order valence-electron chi connectivity index (χ3n) is 2.63. The number of thiophene rings is 1. The first-order valence-corrected chi connectivity index (χ1v) is 7.85. The molecule has 0 aliphatic rings. The van der Waals surface area contributed by atoms with Gasteiger partial charge in [-0.15, -0.1) is 11.3 Å². The highest BCUT2D eigenvalue weighted by molar-refractivity contribution is 7.84. The van der Waals surface area contributed by atoms with Crippen molar-refractivity contribution in [3.63, 3.8) is 0 Å². The van der Waals surface area contributed by atoms with Crippen LogP contribution in [0.15, 0.2) is 49.8 Å². The van der Waals surface area contributed by atoms with Gasteiger partial charge in [0.05, 0.1) is 33.0 Å². The molecule has 0 fully saturated rings. The number of rotatable bonds is 4. The Labute approximate surface area is 116 Å². The molecule has 0 radical (unpaired) electrons. The summed E-state index contributed by atoms with van der Waals surface area (Å²) in [6, 6.07) is 5.63. The summed E-state index contributed by atoms with van der Waals surface area (Å²) in [6.45, 7) is 1.79. The Morgan fingerprint density at radius 3 is 3.00 bits per heavy atom. The second-order valence-corrected chi connectivity index (χ2v) is 6.29. The van der Waals surface area contributed by atoms with Crippen LogP contribution in [0.2, 0.25) is 0 Å². The van der Waals surface area contributed by atoms with Crippen molar-refractivity contribution in [1.82, 2.24) is 4.98 Å². The first-order chi connectivity index (χ1) is 9.24. The molecule has 0 aliphatic carbocycles. The van der Waals surface area contributed by atoms with E-state index in [1.807, 2.05) is 17.5 Å². The van der Waals surface area contributed by atoms with Crippen LogP contribution in [0.4, 0.5) is 0 Å². The van der Waals surface area contributed by atoms with Gasteiger partial charge < -0.3 is 8.83 Å². The van der Waals surface area contributed by atoms with E-state index in [4.69, 9.17) is 8.83 Å². The average molecular weight is 293 g/mol. The van der Waals surface area contributed by atoms with Crippen LogP contribution < -0.4 is 0 Å². The fourth-order valence-corrected chi connectivity index (χ4v) is 3.47. The maximum Gasteiger partial charge on any atom is 0.207 e. The fraction of sp³-hybridized carbons (Fsp3) is 0.154. The smallest absolute Gasteiger partial charge is 0.207 e. The highest BCUT2D eigenvalue weighted by atomic mass is 32.2. The van der Waals surface area contributed by atoms with Gasteiger partial charge in [0.15, 0.2) is 5.76 Å². The Bertz CT molecular complexity index is 697. The van der Waals surface area contributed by atoms with Crippen LogP contribution >= 0.6 is 11.3 Å². The molecule has 3 heterocycles. The molecular weight excluding hydrogens is 282 g/mol. The van der Waals surface area contributed by atoms with E-state index < -0.39 is 10.8 Å². The fourth-order valence-electron chi connectivity index (χ4n) is 1.71. The standard InChI is InChI=1S/C13H11NO3S2/c1-9-12(4-5-16-9)19(15)8-13-14-7-10(17-13)11-3-2-6-18-11/h2-7H,8H2,1H3. The largest absolute Gasteiger partial charge is 0.468 e. The molecule has 0 saturated heterocycles. The zero-order valence-corrected chi connectivity index (χ0v) is 11.8. The summed E-state index contributed by atoms with van der Waals surface area (Å²) in [5, 5.41) is 1.98. The van der Waals surface area contributed by atoms with E-state index in [1.165, 1.54) is 6.26 Å². The monoisotopic (exact) mass is 293 g/mol. The Kier molecular flexibility index (Phi) is 3.35. The minimum Gasteiger partial charge on any atom is -0.468 e. The van der Waals surface area contributed by atoms with Gasteiger partial charge >= 0.3 is 0 Å². The lowest BCUT2D eigenvalue weighted by atomic mass is 10.4. The molecule has 19 heavy (non-hydrogen) atoms. The molecule has 0 aromatic carbocycles. The highest BCUT2D eigenvalue weighted by Gasteiger charge is 2.14. The molecule has 3 aromatic heterocycles. The van der Waals surface area contributed by atoms with Gasteiger partial charge in [0.1, 0.15) is 11.5 Å². The third kappa shape index (κ3) is 2.54. The van der Waals surface area contributed by atoms with Crippen LogP contribution in [0.25, 0.3) is 10.6 Å². The molecule has 3 rings (SSSR count). The van der Waals surface area contributed by atoms with Crippen molar-refractivity contribution in [3.8, 4) is 10.6 Å². The van der Waals surface area contributed by atoms with Crippen molar-refractivity contribution in [1.29, 1.82) is 0 Å². The Hall–Kier alpha value is -1.66. The van der Waals surface area contributed by atoms with Crippen LogP contribution in [0, 0.1) is 6.92 Å². The van der Waals surface area contributed by atoms with Crippen molar-refractivity contribution >= 4 is 22.1 Å². The molecular formula is C13H11NO3S2. The summed E-state index contributed by atoms with van der Waals surface area (Å²) in [5.74, 6) is 2.11. The quantitative estimate of drug-likeness (QED) is 0.737. The Morgan fingerprint density at radius 2 is 2.32 bits per heavy atom. The zero-order valence-electron chi connectivity index (χ0n) is 10.2. The summed E-state index contributed by atoms with van der Waals surface area (Å²) in [5.41, 5.74) is 0. The predicted octanol–water partition coefficient (Wildman–Crippen LogP) is 3.61. The summed E-state index contributed by atoms with van der Waals surface area (Å²) in [7, 11) is -1.19. The second-order valence-electron chi connectivity index (χ2n) is 3.93. The molecule has 4 nitrogen and oxygen atoms in total. The van der Waals surface area contributed by atoms with Crippen molar-refractivity contribution in [2.45, 2.75) is 17.6 Å².